The maximum atomic E-state index is 12.3. The van der Waals surface area contributed by atoms with Crippen LogP contribution in [0.5, 0.6) is 11.5 Å². The molecule has 0 saturated heterocycles. The Morgan fingerprint density at radius 1 is 1.35 bits per heavy atom. The van der Waals surface area contributed by atoms with Gasteiger partial charge in [-0.3, -0.25) is 15.0 Å². The van der Waals surface area contributed by atoms with Gasteiger partial charge in [-0.1, -0.05) is 11.2 Å². The molecule has 0 aliphatic carbocycles. The van der Waals surface area contributed by atoms with Gasteiger partial charge in [-0.25, -0.2) is 0 Å². The van der Waals surface area contributed by atoms with Crippen LogP contribution in [0, 0.1) is 6.92 Å². The van der Waals surface area contributed by atoms with E-state index in [0.29, 0.717) is 12.4 Å². The van der Waals surface area contributed by atoms with Crippen molar-refractivity contribution in [2.45, 2.75) is 26.4 Å². The zero-order chi connectivity index (χ0) is 16.4. The van der Waals surface area contributed by atoms with E-state index in [-0.39, 0.29) is 18.7 Å². The molecule has 1 aromatic carbocycles. The molecule has 2 aromatic rings. The molecule has 7 heteroatoms. The van der Waals surface area contributed by atoms with Crippen molar-refractivity contribution in [2.24, 2.45) is 0 Å². The fraction of sp³-hybridized carbons (Fsp3) is 0.375. The molecule has 0 unspecified atom stereocenters. The van der Waals surface area contributed by atoms with Crippen LogP contribution in [-0.2, 0) is 11.3 Å². The highest BCUT2D eigenvalue weighted by atomic mass is 16.7. The summed E-state index contributed by atoms with van der Waals surface area (Å²) in [6, 6.07) is 7.14. The van der Waals surface area contributed by atoms with Gasteiger partial charge in [0.2, 0.25) is 18.6 Å². The van der Waals surface area contributed by atoms with Crippen LogP contribution in [0.3, 0.4) is 0 Å². The first kappa shape index (κ1) is 15.4. The molecular formula is C16H19N3O4. The fourth-order valence-corrected chi connectivity index (χ4v) is 2.31. The van der Waals surface area contributed by atoms with Crippen molar-refractivity contribution in [3.05, 3.63) is 35.5 Å². The number of carbonyl (C=O) groups is 1. The SMILES string of the molecule is Cc1cc(NC(=O)[C@@H](C)N(C)Cc2ccc3c(c2)OCO3)on1. The molecule has 23 heavy (non-hydrogen) atoms. The molecule has 0 radical (unpaired) electrons. The number of ether oxygens (including phenoxy) is 2. The first-order valence-corrected chi connectivity index (χ1v) is 7.36. The molecule has 0 saturated carbocycles. The second kappa shape index (κ2) is 6.29. The predicted octanol–water partition coefficient (Wildman–Crippen LogP) is 2.17. The van der Waals surface area contributed by atoms with Crippen LogP contribution >= 0.6 is 0 Å². The maximum absolute atomic E-state index is 12.3. The average Bonchev–Trinajstić information content (AvgIpc) is 3.14. The van der Waals surface area contributed by atoms with E-state index in [1.165, 1.54) is 0 Å². The lowest BCUT2D eigenvalue weighted by molar-refractivity contribution is -0.120. The monoisotopic (exact) mass is 317 g/mol. The molecule has 1 aromatic heterocycles. The van der Waals surface area contributed by atoms with Crippen LogP contribution in [0.2, 0.25) is 0 Å². The zero-order valence-electron chi connectivity index (χ0n) is 13.3. The molecule has 0 spiro atoms. The lowest BCUT2D eigenvalue weighted by Crippen LogP contribution is -2.39. The van der Waals surface area contributed by atoms with Crippen molar-refractivity contribution in [1.82, 2.24) is 10.1 Å². The topological polar surface area (TPSA) is 76.8 Å². The Balaban J connectivity index is 1.60. The highest BCUT2D eigenvalue weighted by molar-refractivity contribution is 5.93. The smallest absolute Gasteiger partial charge is 0.243 e. The van der Waals surface area contributed by atoms with Gasteiger partial charge in [-0.15, -0.1) is 0 Å². The Morgan fingerprint density at radius 2 is 2.13 bits per heavy atom. The second-order valence-corrected chi connectivity index (χ2v) is 5.60. The first-order chi connectivity index (χ1) is 11.0. The number of nitrogens with one attached hydrogen (secondary N) is 1. The summed E-state index contributed by atoms with van der Waals surface area (Å²) >= 11 is 0. The van der Waals surface area contributed by atoms with Crippen LogP contribution in [0.4, 0.5) is 5.88 Å². The minimum atomic E-state index is -0.328. The van der Waals surface area contributed by atoms with Gasteiger partial charge in [0.1, 0.15) is 0 Å². The summed E-state index contributed by atoms with van der Waals surface area (Å²) < 4.78 is 15.7. The number of rotatable bonds is 5. The maximum Gasteiger partial charge on any atom is 0.243 e. The van der Waals surface area contributed by atoms with Crippen molar-refractivity contribution in [3.8, 4) is 11.5 Å². The molecule has 1 amide bonds. The van der Waals surface area contributed by atoms with E-state index in [4.69, 9.17) is 14.0 Å². The molecule has 1 aliphatic heterocycles. The number of aromatic nitrogens is 1. The number of anilines is 1. The van der Waals surface area contributed by atoms with Crippen molar-refractivity contribution in [1.29, 1.82) is 0 Å². The normalized spacial score (nSPS) is 14.1. The third-order valence-electron chi connectivity index (χ3n) is 3.78. The van der Waals surface area contributed by atoms with Gasteiger partial charge in [0.15, 0.2) is 11.5 Å². The molecule has 122 valence electrons. The average molecular weight is 317 g/mol. The van der Waals surface area contributed by atoms with E-state index < -0.39 is 0 Å². The number of fused-ring (bicyclic) bond motifs is 1. The van der Waals surface area contributed by atoms with Gasteiger partial charge < -0.3 is 14.0 Å². The third-order valence-corrected chi connectivity index (χ3v) is 3.78. The van der Waals surface area contributed by atoms with Crippen molar-refractivity contribution >= 4 is 11.8 Å². The van der Waals surface area contributed by atoms with Gasteiger partial charge in [0, 0.05) is 12.6 Å². The minimum absolute atomic E-state index is 0.149. The Bertz CT molecular complexity index is 713. The van der Waals surface area contributed by atoms with Crippen LogP contribution < -0.4 is 14.8 Å². The van der Waals surface area contributed by atoms with E-state index >= 15 is 0 Å². The molecule has 7 nitrogen and oxygen atoms in total. The summed E-state index contributed by atoms with van der Waals surface area (Å²) in [4.78, 5) is 14.2. The number of nitrogens with zero attached hydrogens (tertiary/aromatic N) is 2. The largest absolute Gasteiger partial charge is 0.454 e. The number of aryl methyl sites for hydroxylation is 1. The summed E-state index contributed by atoms with van der Waals surface area (Å²) in [6.45, 7) is 4.50. The Hall–Kier alpha value is -2.54. The molecule has 3 rings (SSSR count). The van der Waals surface area contributed by atoms with Crippen LogP contribution in [-0.4, -0.2) is 35.8 Å². The Kier molecular flexibility index (Phi) is 4.20. The number of hydrogen-bond donors (Lipinski definition) is 1. The lowest BCUT2D eigenvalue weighted by atomic mass is 10.1. The van der Waals surface area contributed by atoms with Gasteiger partial charge >= 0.3 is 0 Å². The van der Waals surface area contributed by atoms with Crippen molar-refractivity contribution < 1.29 is 18.8 Å². The predicted molar refractivity (Wildman–Crippen MR) is 83.4 cm³/mol. The van der Waals surface area contributed by atoms with E-state index in [9.17, 15) is 4.79 Å². The third kappa shape index (κ3) is 3.45. The summed E-state index contributed by atoms with van der Waals surface area (Å²) in [5.41, 5.74) is 1.77. The summed E-state index contributed by atoms with van der Waals surface area (Å²) in [6.07, 6.45) is 0. The number of carbonyl (C=O) groups excluding carboxylic acids is 1. The van der Waals surface area contributed by atoms with Crippen LogP contribution in [0.1, 0.15) is 18.2 Å². The zero-order valence-corrected chi connectivity index (χ0v) is 13.3. The lowest BCUT2D eigenvalue weighted by Gasteiger charge is -2.23. The second-order valence-electron chi connectivity index (χ2n) is 5.60. The molecule has 0 fully saturated rings. The molecule has 1 atom stereocenters. The van der Waals surface area contributed by atoms with Crippen LogP contribution in [0.25, 0.3) is 0 Å². The van der Waals surface area contributed by atoms with Crippen molar-refractivity contribution in [2.75, 3.05) is 19.2 Å². The van der Waals surface area contributed by atoms with Gasteiger partial charge in [-0.2, -0.15) is 0 Å². The molecule has 2 heterocycles. The van der Waals surface area contributed by atoms with E-state index in [0.717, 1.165) is 22.8 Å². The van der Waals surface area contributed by atoms with E-state index in [1.807, 2.05) is 37.1 Å². The minimum Gasteiger partial charge on any atom is -0.454 e. The van der Waals surface area contributed by atoms with Gasteiger partial charge in [0.25, 0.3) is 0 Å². The van der Waals surface area contributed by atoms with E-state index in [2.05, 4.69) is 10.5 Å². The Labute approximate surface area is 134 Å². The van der Waals surface area contributed by atoms with Crippen molar-refractivity contribution in [3.63, 3.8) is 0 Å². The summed E-state index contributed by atoms with van der Waals surface area (Å²) in [5, 5.41) is 6.46. The molecule has 1 aliphatic rings. The summed E-state index contributed by atoms with van der Waals surface area (Å²) in [5.74, 6) is 1.70. The molecule has 0 bridgehead atoms. The number of amides is 1. The first-order valence-electron chi connectivity index (χ1n) is 7.36. The highest BCUT2D eigenvalue weighted by Crippen LogP contribution is 2.32. The molecular weight excluding hydrogens is 298 g/mol. The number of likely N-dealkylation sites (N-methyl/N-ethyl adjacent to an activating group) is 1. The standard InChI is InChI=1S/C16H19N3O4/c1-10-6-15(23-18-10)17-16(20)11(2)19(3)8-12-4-5-13-14(7-12)22-9-21-13/h4-7,11H,8-9H2,1-3H3,(H,17,20)/t11-/m1/s1. The van der Waals surface area contributed by atoms with Gasteiger partial charge in [0.05, 0.1) is 11.7 Å². The molecule has 1 N–H and O–H groups in total. The highest BCUT2D eigenvalue weighted by Gasteiger charge is 2.21. The number of hydrogen-bond acceptors (Lipinski definition) is 6. The van der Waals surface area contributed by atoms with E-state index in [1.54, 1.807) is 13.0 Å². The summed E-state index contributed by atoms with van der Waals surface area (Å²) in [7, 11) is 1.89. The Morgan fingerprint density at radius 3 is 2.87 bits per heavy atom. The number of benzene rings is 1. The fourth-order valence-electron chi connectivity index (χ4n) is 2.31. The quantitative estimate of drug-likeness (QED) is 0.911. The van der Waals surface area contributed by atoms with Gasteiger partial charge in [-0.05, 0) is 38.6 Å². The van der Waals surface area contributed by atoms with Crippen LogP contribution in [0.15, 0.2) is 28.8 Å².